The van der Waals surface area contributed by atoms with Crippen LogP contribution in [0.25, 0.3) is 5.57 Å². The number of hydrogen-bond acceptors (Lipinski definition) is 6. The van der Waals surface area contributed by atoms with Crippen LogP contribution in [0.2, 0.25) is 0 Å². The van der Waals surface area contributed by atoms with Crippen molar-refractivity contribution in [3.8, 4) is 0 Å². The zero-order valence-electron chi connectivity index (χ0n) is 17.7. The van der Waals surface area contributed by atoms with Crippen LogP contribution in [-0.4, -0.2) is 31.4 Å². The lowest BCUT2D eigenvalue weighted by Crippen LogP contribution is -2.23. The van der Waals surface area contributed by atoms with Gasteiger partial charge in [-0.3, -0.25) is 10.4 Å². The number of amidine groups is 1. The third-order valence-electron chi connectivity index (χ3n) is 4.18. The van der Waals surface area contributed by atoms with Crippen molar-refractivity contribution in [2.24, 2.45) is 9.98 Å². The second kappa shape index (κ2) is 11.7. The number of nitrogen functional groups attached to an aromatic ring is 1. The molecule has 0 saturated carbocycles. The number of alkyl halides is 3. The third kappa shape index (κ3) is 7.69. The molecular weight excluding hydrogens is 455 g/mol. The predicted octanol–water partition coefficient (Wildman–Crippen LogP) is 4.66. The molecule has 0 saturated heterocycles. The van der Waals surface area contributed by atoms with E-state index < -0.39 is 11.7 Å². The number of nitrogens with zero attached hydrogens (tertiary/aromatic N) is 2. The monoisotopic (exact) mass is 477 g/mol. The first-order valence-electron chi connectivity index (χ1n) is 9.52. The SMILES string of the molecule is C=N/C=C(\C(=N/CN/C(=C/NC)C(=N)Cl)Nc1cccc(N)c1)c1ccc(C(F)(F)F)cc1. The summed E-state index contributed by atoms with van der Waals surface area (Å²) >= 11 is 5.75. The molecule has 2 aromatic carbocycles. The molecular formula is C22H23ClF3N7. The Labute approximate surface area is 194 Å². The Bertz CT molecular complexity index is 1070. The highest BCUT2D eigenvalue weighted by molar-refractivity contribution is 6.68. The van der Waals surface area contributed by atoms with Crippen molar-refractivity contribution in [3.63, 3.8) is 0 Å². The maximum absolute atomic E-state index is 13.0. The molecule has 0 aliphatic heterocycles. The van der Waals surface area contributed by atoms with Gasteiger partial charge >= 0.3 is 6.18 Å². The summed E-state index contributed by atoms with van der Waals surface area (Å²) in [5, 5.41) is 16.1. The number of nitrogens with two attached hydrogens (primary N) is 1. The molecule has 174 valence electrons. The number of benzene rings is 2. The summed E-state index contributed by atoms with van der Waals surface area (Å²) in [5.41, 5.74) is 7.31. The van der Waals surface area contributed by atoms with Crippen molar-refractivity contribution in [2.45, 2.75) is 6.18 Å². The largest absolute Gasteiger partial charge is 0.416 e. The topological polar surface area (TPSA) is 111 Å². The van der Waals surface area contributed by atoms with E-state index in [1.165, 1.54) is 24.5 Å². The van der Waals surface area contributed by atoms with Gasteiger partial charge in [0, 0.05) is 36.4 Å². The summed E-state index contributed by atoms with van der Waals surface area (Å²) < 4.78 is 39.0. The fourth-order valence-electron chi connectivity index (χ4n) is 2.69. The lowest BCUT2D eigenvalue weighted by Gasteiger charge is -2.16. The lowest BCUT2D eigenvalue weighted by molar-refractivity contribution is -0.137. The number of aliphatic imine (C=N–C) groups is 2. The minimum absolute atomic E-state index is 0.0115. The van der Waals surface area contributed by atoms with Gasteiger partial charge in [-0.05, 0) is 42.6 Å². The Morgan fingerprint density at radius 1 is 1.21 bits per heavy atom. The van der Waals surface area contributed by atoms with Gasteiger partial charge in [-0.25, -0.2) is 4.99 Å². The summed E-state index contributed by atoms with van der Waals surface area (Å²) in [5.74, 6) is 0.283. The molecule has 0 bridgehead atoms. The molecule has 0 heterocycles. The van der Waals surface area contributed by atoms with Crippen molar-refractivity contribution in [1.29, 1.82) is 5.41 Å². The molecule has 11 heteroatoms. The minimum Gasteiger partial charge on any atom is -0.399 e. The average Bonchev–Trinajstić information content (AvgIpc) is 2.75. The van der Waals surface area contributed by atoms with Gasteiger partial charge in [-0.15, -0.1) is 0 Å². The standard InChI is InChI=1S/C22H23ClF3N7/c1-29-11-18(14-6-8-15(9-7-14)22(24,25)26)21(33-17-5-3-4-16(27)10-17)32-13-31-19(12-30-2)20(23)28/h3-12,28,30-31H,1,13,27H2,2H3,(H,32,33)/b18-11-,19-12+,28-20?. The number of hydrogen-bond donors (Lipinski definition) is 5. The molecule has 6 N–H and O–H groups in total. The average molecular weight is 478 g/mol. The van der Waals surface area contributed by atoms with Gasteiger partial charge in [0.25, 0.3) is 0 Å². The van der Waals surface area contributed by atoms with Crippen LogP contribution < -0.4 is 21.7 Å². The zero-order valence-corrected chi connectivity index (χ0v) is 18.4. The van der Waals surface area contributed by atoms with Crippen LogP contribution in [0.3, 0.4) is 0 Å². The third-order valence-corrected chi connectivity index (χ3v) is 4.38. The molecule has 0 aromatic heterocycles. The van der Waals surface area contributed by atoms with Gasteiger partial charge in [0.2, 0.25) is 0 Å². The van der Waals surface area contributed by atoms with E-state index in [-0.39, 0.29) is 17.7 Å². The molecule has 0 unspecified atom stereocenters. The fourth-order valence-corrected chi connectivity index (χ4v) is 2.81. The highest BCUT2D eigenvalue weighted by Gasteiger charge is 2.30. The second-order valence-electron chi connectivity index (χ2n) is 6.55. The van der Waals surface area contributed by atoms with Gasteiger partial charge in [0.05, 0.1) is 11.3 Å². The van der Waals surface area contributed by atoms with E-state index in [1.807, 2.05) is 0 Å². The fraction of sp³-hybridized carbons (Fsp3) is 0.136. The molecule has 0 fully saturated rings. The predicted molar refractivity (Wildman–Crippen MR) is 130 cm³/mol. The van der Waals surface area contributed by atoms with E-state index in [4.69, 9.17) is 22.7 Å². The molecule has 0 atom stereocenters. The maximum atomic E-state index is 13.0. The minimum atomic E-state index is -4.46. The number of rotatable bonds is 9. The number of halogens is 4. The van der Waals surface area contributed by atoms with Gasteiger partial charge in [0.1, 0.15) is 17.7 Å². The van der Waals surface area contributed by atoms with E-state index in [2.05, 4.69) is 32.7 Å². The molecule has 33 heavy (non-hydrogen) atoms. The Morgan fingerprint density at radius 3 is 2.45 bits per heavy atom. The summed E-state index contributed by atoms with van der Waals surface area (Å²) in [6.45, 7) is 3.44. The highest BCUT2D eigenvalue weighted by atomic mass is 35.5. The normalized spacial score (nSPS) is 12.8. The summed E-state index contributed by atoms with van der Waals surface area (Å²) in [6, 6.07) is 11.5. The number of anilines is 2. The Balaban J connectivity index is 2.45. The van der Waals surface area contributed by atoms with E-state index in [0.29, 0.717) is 28.2 Å². The molecule has 2 rings (SSSR count). The van der Waals surface area contributed by atoms with E-state index >= 15 is 0 Å². The first-order chi connectivity index (χ1) is 15.7. The van der Waals surface area contributed by atoms with Crippen molar-refractivity contribution in [3.05, 3.63) is 77.8 Å². The van der Waals surface area contributed by atoms with Crippen LogP contribution in [0.4, 0.5) is 24.5 Å². The summed E-state index contributed by atoms with van der Waals surface area (Å²) in [6.07, 6.45) is -1.58. The van der Waals surface area contributed by atoms with Crippen LogP contribution in [0.15, 0.2) is 76.6 Å². The van der Waals surface area contributed by atoms with Crippen LogP contribution >= 0.6 is 11.6 Å². The van der Waals surface area contributed by atoms with Crippen molar-refractivity contribution in [2.75, 3.05) is 24.8 Å². The molecule has 0 amide bonds. The Morgan fingerprint density at radius 2 is 1.91 bits per heavy atom. The van der Waals surface area contributed by atoms with Crippen LogP contribution in [0, 0.1) is 5.41 Å². The van der Waals surface area contributed by atoms with E-state index in [1.54, 1.807) is 31.3 Å². The first-order valence-corrected chi connectivity index (χ1v) is 9.90. The molecule has 7 nitrogen and oxygen atoms in total. The van der Waals surface area contributed by atoms with Gasteiger partial charge in [-0.1, -0.05) is 29.8 Å². The zero-order chi connectivity index (χ0) is 24.4. The van der Waals surface area contributed by atoms with Crippen molar-refractivity contribution >= 4 is 46.3 Å². The van der Waals surface area contributed by atoms with Crippen molar-refractivity contribution in [1.82, 2.24) is 10.6 Å². The van der Waals surface area contributed by atoms with Crippen LogP contribution in [-0.2, 0) is 6.18 Å². The van der Waals surface area contributed by atoms with Crippen molar-refractivity contribution < 1.29 is 13.2 Å². The molecule has 2 aromatic rings. The Kier molecular flexibility index (Phi) is 9.05. The van der Waals surface area contributed by atoms with Gasteiger partial charge in [-0.2, -0.15) is 13.2 Å². The van der Waals surface area contributed by atoms with Gasteiger partial charge in [0.15, 0.2) is 0 Å². The maximum Gasteiger partial charge on any atom is 0.416 e. The second-order valence-corrected chi connectivity index (χ2v) is 6.93. The lowest BCUT2D eigenvalue weighted by atomic mass is 10.0. The van der Waals surface area contributed by atoms with Gasteiger partial charge < -0.3 is 21.7 Å². The smallest absolute Gasteiger partial charge is 0.399 e. The van der Waals surface area contributed by atoms with Crippen LogP contribution in [0.1, 0.15) is 11.1 Å². The molecule has 0 aliphatic rings. The quantitative estimate of drug-likeness (QED) is 0.205. The van der Waals surface area contributed by atoms with Crippen LogP contribution in [0.5, 0.6) is 0 Å². The summed E-state index contributed by atoms with van der Waals surface area (Å²) in [7, 11) is 1.65. The molecule has 0 radical (unpaired) electrons. The van der Waals surface area contributed by atoms with E-state index in [9.17, 15) is 13.2 Å². The van der Waals surface area contributed by atoms with E-state index in [0.717, 1.165) is 12.1 Å². The Hall–Kier alpha value is -3.79. The molecule has 0 aliphatic carbocycles. The summed E-state index contributed by atoms with van der Waals surface area (Å²) in [4.78, 5) is 8.26. The first kappa shape index (κ1) is 25.5. The number of allylic oxidation sites excluding steroid dienone is 1. The number of nitrogens with one attached hydrogen (secondary N) is 4. The highest BCUT2D eigenvalue weighted by Crippen LogP contribution is 2.30. The molecule has 0 spiro atoms.